The van der Waals surface area contributed by atoms with E-state index in [1.807, 2.05) is 4.90 Å². The first-order valence-electron chi connectivity index (χ1n) is 6.98. The van der Waals surface area contributed by atoms with Gasteiger partial charge < -0.3 is 10.2 Å². The summed E-state index contributed by atoms with van der Waals surface area (Å²) < 4.78 is 0. The summed E-state index contributed by atoms with van der Waals surface area (Å²) in [6.45, 7) is 1.83. The van der Waals surface area contributed by atoms with Gasteiger partial charge in [0, 0.05) is 13.1 Å². The molecule has 3 nitrogen and oxygen atoms in total. The van der Waals surface area contributed by atoms with Crippen LogP contribution in [0.4, 0.5) is 4.79 Å². The monoisotopic (exact) mass is 244 g/mol. The van der Waals surface area contributed by atoms with E-state index in [0.717, 1.165) is 38.8 Å². The summed E-state index contributed by atoms with van der Waals surface area (Å²) in [5.74, 6) is 0. The van der Waals surface area contributed by atoms with Crippen molar-refractivity contribution in [2.45, 2.75) is 38.1 Å². The number of carbonyl (C=O) groups is 1. The second-order valence-electron chi connectivity index (χ2n) is 5.29. The van der Waals surface area contributed by atoms with E-state index < -0.39 is 0 Å². The molecule has 1 atom stereocenters. The molecule has 1 aliphatic heterocycles. The van der Waals surface area contributed by atoms with Gasteiger partial charge in [0.2, 0.25) is 0 Å². The van der Waals surface area contributed by atoms with Gasteiger partial charge in [-0.25, -0.2) is 4.79 Å². The first kappa shape index (κ1) is 11.6. The molecular weight excluding hydrogens is 224 g/mol. The maximum absolute atomic E-state index is 12.1. The van der Waals surface area contributed by atoms with Crippen LogP contribution in [0.2, 0.25) is 0 Å². The largest absolute Gasteiger partial charge is 0.331 e. The van der Waals surface area contributed by atoms with Crippen LogP contribution >= 0.6 is 0 Å². The molecule has 0 bridgehead atoms. The quantitative estimate of drug-likeness (QED) is 0.809. The molecule has 1 aromatic rings. The third-order valence-electron chi connectivity index (χ3n) is 4.06. The Kier molecular flexibility index (Phi) is 3.22. The highest BCUT2D eigenvalue weighted by Gasteiger charge is 2.24. The van der Waals surface area contributed by atoms with Gasteiger partial charge in [0.1, 0.15) is 0 Å². The normalized spacial score (nSPS) is 22.7. The van der Waals surface area contributed by atoms with Crippen LogP contribution in [0.25, 0.3) is 0 Å². The molecule has 2 aliphatic rings. The summed E-state index contributed by atoms with van der Waals surface area (Å²) >= 11 is 0. The number of fused-ring (bicyclic) bond motifs is 1. The topological polar surface area (TPSA) is 32.3 Å². The van der Waals surface area contributed by atoms with E-state index in [4.69, 9.17) is 0 Å². The average molecular weight is 244 g/mol. The minimum absolute atomic E-state index is 0.120. The molecule has 1 saturated heterocycles. The number of rotatable bonds is 1. The van der Waals surface area contributed by atoms with E-state index in [1.54, 1.807) is 0 Å². The Hall–Kier alpha value is -1.51. The Balaban J connectivity index is 1.72. The number of carbonyl (C=O) groups excluding carboxylic acids is 1. The van der Waals surface area contributed by atoms with Crippen LogP contribution in [-0.4, -0.2) is 24.0 Å². The number of likely N-dealkylation sites (tertiary alicyclic amines) is 1. The van der Waals surface area contributed by atoms with Crippen molar-refractivity contribution in [2.75, 3.05) is 13.1 Å². The van der Waals surface area contributed by atoms with Crippen molar-refractivity contribution in [2.24, 2.45) is 0 Å². The number of aryl methyl sites for hydroxylation is 1. The maximum atomic E-state index is 12.1. The summed E-state index contributed by atoms with van der Waals surface area (Å²) in [7, 11) is 0. The Morgan fingerprint density at radius 2 is 1.94 bits per heavy atom. The van der Waals surface area contributed by atoms with Crippen LogP contribution in [0.5, 0.6) is 0 Å². The molecule has 0 aromatic heterocycles. The third kappa shape index (κ3) is 2.22. The van der Waals surface area contributed by atoms with Crippen LogP contribution in [0.3, 0.4) is 0 Å². The molecule has 1 fully saturated rings. The van der Waals surface area contributed by atoms with Gasteiger partial charge in [0.15, 0.2) is 0 Å². The van der Waals surface area contributed by atoms with E-state index >= 15 is 0 Å². The van der Waals surface area contributed by atoms with E-state index in [2.05, 4.69) is 29.6 Å². The molecule has 2 amide bonds. The van der Waals surface area contributed by atoms with Gasteiger partial charge >= 0.3 is 6.03 Å². The third-order valence-corrected chi connectivity index (χ3v) is 4.06. The Morgan fingerprint density at radius 1 is 1.17 bits per heavy atom. The summed E-state index contributed by atoms with van der Waals surface area (Å²) in [5.41, 5.74) is 2.71. The van der Waals surface area contributed by atoms with Crippen molar-refractivity contribution in [1.29, 1.82) is 0 Å². The standard InChI is InChI=1S/C15H20N2O/c18-15(17-10-3-4-11-17)16-14-9-5-7-12-6-1-2-8-13(12)14/h1-2,6,8,14H,3-5,7,9-11H2,(H,16,18). The molecule has 0 spiro atoms. The number of hydrogen-bond donors (Lipinski definition) is 1. The fourth-order valence-electron chi connectivity index (χ4n) is 3.06. The van der Waals surface area contributed by atoms with Gasteiger partial charge in [-0.05, 0) is 43.2 Å². The molecule has 1 aliphatic carbocycles. The van der Waals surface area contributed by atoms with Crippen LogP contribution in [0.1, 0.15) is 42.9 Å². The van der Waals surface area contributed by atoms with E-state index in [9.17, 15) is 4.79 Å². The second kappa shape index (κ2) is 5.01. The Labute approximate surface area is 108 Å². The number of nitrogens with zero attached hydrogens (tertiary/aromatic N) is 1. The predicted octanol–water partition coefficient (Wildman–Crippen LogP) is 2.87. The zero-order valence-electron chi connectivity index (χ0n) is 10.7. The summed E-state index contributed by atoms with van der Waals surface area (Å²) in [6, 6.07) is 8.83. The summed E-state index contributed by atoms with van der Waals surface area (Å²) in [6.07, 6.45) is 5.67. The van der Waals surface area contributed by atoms with Crippen molar-refractivity contribution in [1.82, 2.24) is 10.2 Å². The molecule has 96 valence electrons. The van der Waals surface area contributed by atoms with Crippen molar-refractivity contribution >= 4 is 6.03 Å². The minimum Gasteiger partial charge on any atom is -0.331 e. The highest BCUT2D eigenvalue weighted by atomic mass is 16.2. The van der Waals surface area contributed by atoms with Crippen molar-refractivity contribution in [3.8, 4) is 0 Å². The summed E-state index contributed by atoms with van der Waals surface area (Å²) in [5, 5.41) is 3.20. The van der Waals surface area contributed by atoms with Crippen molar-refractivity contribution < 1.29 is 4.79 Å². The Bertz CT molecular complexity index is 438. The number of benzene rings is 1. The van der Waals surface area contributed by atoms with Crippen molar-refractivity contribution in [3.05, 3.63) is 35.4 Å². The molecular formula is C15H20N2O. The first-order chi connectivity index (χ1) is 8.84. The van der Waals surface area contributed by atoms with Gasteiger partial charge in [-0.2, -0.15) is 0 Å². The zero-order chi connectivity index (χ0) is 12.4. The fraction of sp³-hybridized carbons (Fsp3) is 0.533. The highest BCUT2D eigenvalue weighted by Crippen LogP contribution is 2.29. The van der Waals surface area contributed by atoms with Crippen LogP contribution in [-0.2, 0) is 6.42 Å². The highest BCUT2D eigenvalue weighted by molar-refractivity contribution is 5.75. The summed E-state index contributed by atoms with van der Waals surface area (Å²) in [4.78, 5) is 14.1. The average Bonchev–Trinajstić information content (AvgIpc) is 2.93. The van der Waals surface area contributed by atoms with Gasteiger partial charge in [0.25, 0.3) is 0 Å². The van der Waals surface area contributed by atoms with Gasteiger partial charge in [-0.3, -0.25) is 0 Å². The lowest BCUT2D eigenvalue weighted by atomic mass is 9.88. The second-order valence-corrected chi connectivity index (χ2v) is 5.29. The lowest BCUT2D eigenvalue weighted by molar-refractivity contribution is 0.203. The number of urea groups is 1. The predicted molar refractivity (Wildman–Crippen MR) is 71.5 cm³/mol. The molecule has 3 heteroatoms. The number of hydrogen-bond acceptors (Lipinski definition) is 1. The van der Waals surface area contributed by atoms with Crippen molar-refractivity contribution in [3.63, 3.8) is 0 Å². The van der Waals surface area contributed by atoms with Gasteiger partial charge in [0.05, 0.1) is 6.04 Å². The number of nitrogens with one attached hydrogen (secondary N) is 1. The molecule has 1 N–H and O–H groups in total. The molecule has 0 saturated carbocycles. The fourth-order valence-corrected chi connectivity index (χ4v) is 3.06. The molecule has 3 rings (SSSR count). The molecule has 1 aromatic carbocycles. The lowest BCUT2D eigenvalue weighted by Gasteiger charge is -2.28. The molecule has 18 heavy (non-hydrogen) atoms. The molecule has 1 heterocycles. The van der Waals surface area contributed by atoms with E-state index in [-0.39, 0.29) is 12.1 Å². The zero-order valence-corrected chi connectivity index (χ0v) is 10.7. The van der Waals surface area contributed by atoms with Crippen LogP contribution in [0, 0.1) is 0 Å². The van der Waals surface area contributed by atoms with E-state index in [1.165, 1.54) is 17.5 Å². The SMILES string of the molecule is O=C(NC1CCCc2ccccc21)N1CCCC1. The number of amides is 2. The van der Waals surface area contributed by atoms with E-state index in [0.29, 0.717) is 0 Å². The first-order valence-corrected chi connectivity index (χ1v) is 6.98. The molecule has 1 unspecified atom stereocenters. The Morgan fingerprint density at radius 3 is 2.78 bits per heavy atom. The minimum atomic E-state index is 0.120. The van der Waals surface area contributed by atoms with Crippen LogP contribution < -0.4 is 5.32 Å². The molecule has 0 radical (unpaired) electrons. The smallest absolute Gasteiger partial charge is 0.317 e. The van der Waals surface area contributed by atoms with Crippen LogP contribution in [0.15, 0.2) is 24.3 Å². The lowest BCUT2D eigenvalue weighted by Crippen LogP contribution is -2.40. The van der Waals surface area contributed by atoms with Gasteiger partial charge in [-0.1, -0.05) is 24.3 Å². The van der Waals surface area contributed by atoms with Gasteiger partial charge in [-0.15, -0.1) is 0 Å². The maximum Gasteiger partial charge on any atom is 0.317 e.